The molecule has 2 N–H and O–H groups in total. The molecule has 1 rings (SSSR count). The summed E-state index contributed by atoms with van der Waals surface area (Å²) in [5.41, 5.74) is 5.14. The Labute approximate surface area is 70.0 Å². The zero-order valence-corrected chi connectivity index (χ0v) is 7.24. The Bertz CT molecular complexity index is 201. The molecule has 0 saturated carbocycles. The minimum Gasteiger partial charge on any atom is -0.496 e. The predicted molar refractivity (Wildman–Crippen MR) is 44.9 cm³/mol. The molecule has 0 saturated heterocycles. The Morgan fingerprint density at radius 3 is 3.00 bits per heavy atom. The van der Waals surface area contributed by atoms with Crippen molar-refractivity contribution in [3.8, 4) is 0 Å². The average molecular weight is 173 g/mol. The summed E-state index contributed by atoms with van der Waals surface area (Å²) in [4.78, 5) is 11.4. The number of amides is 1. The van der Waals surface area contributed by atoms with Gasteiger partial charge in [0.25, 0.3) is 5.91 Å². The number of carbonyl (C=O) groups excluding carboxylic acids is 1. The van der Waals surface area contributed by atoms with E-state index in [0.29, 0.717) is 11.5 Å². The van der Waals surface area contributed by atoms with E-state index in [1.807, 2.05) is 6.92 Å². The Morgan fingerprint density at radius 2 is 2.55 bits per heavy atom. The van der Waals surface area contributed by atoms with Crippen LogP contribution in [0.25, 0.3) is 0 Å². The van der Waals surface area contributed by atoms with Gasteiger partial charge in [-0.15, -0.1) is 11.8 Å². The molecule has 0 spiro atoms. The number of hydrogen-bond acceptors (Lipinski definition) is 3. The number of hydrogen-bond donors (Lipinski definition) is 1. The first kappa shape index (κ1) is 8.46. The van der Waals surface area contributed by atoms with Crippen LogP contribution in [0.15, 0.2) is 10.7 Å². The van der Waals surface area contributed by atoms with E-state index in [1.54, 1.807) is 0 Å². The molecule has 1 aliphatic heterocycles. The Hall–Kier alpha value is -0.640. The van der Waals surface area contributed by atoms with Gasteiger partial charge in [0.2, 0.25) is 0 Å². The van der Waals surface area contributed by atoms with Gasteiger partial charge in [0.1, 0.15) is 10.7 Å². The fourth-order valence-electron chi connectivity index (χ4n) is 0.926. The Kier molecular flexibility index (Phi) is 2.82. The summed E-state index contributed by atoms with van der Waals surface area (Å²) < 4.78 is 5.26. The van der Waals surface area contributed by atoms with Crippen LogP contribution in [0.5, 0.6) is 0 Å². The first-order valence-electron chi connectivity index (χ1n) is 3.54. The van der Waals surface area contributed by atoms with Gasteiger partial charge in [-0.25, -0.2) is 0 Å². The van der Waals surface area contributed by atoms with E-state index < -0.39 is 0 Å². The fourth-order valence-corrected chi connectivity index (χ4v) is 1.80. The van der Waals surface area contributed by atoms with Crippen molar-refractivity contribution in [1.29, 1.82) is 0 Å². The van der Waals surface area contributed by atoms with E-state index >= 15 is 0 Å². The van der Waals surface area contributed by atoms with Gasteiger partial charge < -0.3 is 10.5 Å². The molecule has 0 unspecified atom stereocenters. The second-order valence-electron chi connectivity index (χ2n) is 2.17. The van der Waals surface area contributed by atoms with Crippen molar-refractivity contribution >= 4 is 17.7 Å². The third-order valence-electron chi connectivity index (χ3n) is 1.40. The minimum absolute atomic E-state index is 0.369. The molecule has 1 heterocycles. The summed E-state index contributed by atoms with van der Waals surface area (Å²) in [7, 11) is 0. The zero-order valence-electron chi connectivity index (χ0n) is 6.42. The van der Waals surface area contributed by atoms with Crippen LogP contribution in [0, 0.1) is 0 Å². The van der Waals surface area contributed by atoms with Crippen LogP contribution in [0.2, 0.25) is 0 Å². The van der Waals surface area contributed by atoms with Crippen molar-refractivity contribution in [1.82, 2.24) is 0 Å². The second-order valence-corrected chi connectivity index (χ2v) is 3.27. The highest BCUT2D eigenvalue weighted by Gasteiger charge is 2.17. The molecule has 0 atom stereocenters. The molecular formula is C7H11NO2S. The van der Waals surface area contributed by atoms with Gasteiger partial charge >= 0.3 is 0 Å². The van der Waals surface area contributed by atoms with E-state index in [0.717, 1.165) is 17.9 Å². The van der Waals surface area contributed by atoms with Gasteiger partial charge in [-0.1, -0.05) is 6.92 Å². The summed E-state index contributed by atoms with van der Waals surface area (Å²) in [5.74, 6) is 1.20. The maximum Gasteiger partial charge on any atom is 0.258 e. The van der Waals surface area contributed by atoms with Crippen LogP contribution >= 0.6 is 11.8 Å². The highest BCUT2D eigenvalue weighted by atomic mass is 32.2. The maximum atomic E-state index is 10.8. The van der Waals surface area contributed by atoms with E-state index in [-0.39, 0.29) is 5.91 Å². The molecule has 1 aliphatic rings. The summed E-state index contributed by atoms with van der Waals surface area (Å²) >= 11 is 1.48. The molecule has 0 aromatic rings. The van der Waals surface area contributed by atoms with Crippen LogP contribution in [0.4, 0.5) is 0 Å². The quantitative estimate of drug-likeness (QED) is 0.673. The van der Waals surface area contributed by atoms with Gasteiger partial charge in [-0.05, 0) is 0 Å². The maximum absolute atomic E-state index is 10.8. The summed E-state index contributed by atoms with van der Waals surface area (Å²) in [5, 5.41) is 0. The van der Waals surface area contributed by atoms with Crippen molar-refractivity contribution in [3.63, 3.8) is 0 Å². The van der Waals surface area contributed by atoms with E-state index in [1.165, 1.54) is 11.8 Å². The molecule has 0 fully saturated rings. The van der Waals surface area contributed by atoms with Crippen molar-refractivity contribution < 1.29 is 9.53 Å². The number of primary amides is 1. The number of nitrogens with two attached hydrogens (primary N) is 1. The number of ether oxygens (including phenoxy) is 1. The average Bonchev–Trinajstić information content (AvgIpc) is 2.04. The molecule has 0 radical (unpaired) electrons. The standard InChI is InChI=1S/C7H11NO2S/c1-2-5-6(7(8)9)11-4-3-10-5/h2-4H2,1H3,(H2,8,9). The molecule has 0 bridgehead atoms. The predicted octanol–water partition coefficient (Wildman–Crippen LogP) is 0.857. The summed E-state index contributed by atoms with van der Waals surface area (Å²) in [6.07, 6.45) is 0.741. The van der Waals surface area contributed by atoms with Gasteiger partial charge in [-0.2, -0.15) is 0 Å². The largest absolute Gasteiger partial charge is 0.496 e. The minimum atomic E-state index is -0.369. The molecule has 3 nitrogen and oxygen atoms in total. The molecular weight excluding hydrogens is 162 g/mol. The highest BCUT2D eigenvalue weighted by molar-refractivity contribution is 8.04. The van der Waals surface area contributed by atoms with Gasteiger partial charge in [0.05, 0.1) is 6.61 Å². The molecule has 1 amide bonds. The van der Waals surface area contributed by atoms with Gasteiger partial charge in [0, 0.05) is 12.2 Å². The first-order chi connectivity index (χ1) is 5.25. The van der Waals surface area contributed by atoms with Crippen LogP contribution in [0.1, 0.15) is 13.3 Å². The lowest BCUT2D eigenvalue weighted by Crippen LogP contribution is -2.18. The van der Waals surface area contributed by atoms with Crippen LogP contribution < -0.4 is 5.73 Å². The number of allylic oxidation sites excluding steroid dienone is 1. The third-order valence-corrected chi connectivity index (χ3v) is 2.49. The van der Waals surface area contributed by atoms with E-state index in [9.17, 15) is 4.79 Å². The van der Waals surface area contributed by atoms with Crippen LogP contribution in [-0.4, -0.2) is 18.3 Å². The lowest BCUT2D eigenvalue weighted by Gasteiger charge is -2.17. The first-order valence-corrected chi connectivity index (χ1v) is 4.52. The number of rotatable bonds is 2. The lowest BCUT2D eigenvalue weighted by atomic mass is 10.3. The highest BCUT2D eigenvalue weighted by Crippen LogP contribution is 2.26. The Balaban J connectivity index is 2.81. The van der Waals surface area contributed by atoms with Gasteiger partial charge in [-0.3, -0.25) is 4.79 Å². The zero-order chi connectivity index (χ0) is 8.27. The SMILES string of the molecule is CCC1=C(C(N)=O)SCCO1. The van der Waals surface area contributed by atoms with Crippen LogP contribution in [-0.2, 0) is 9.53 Å². The van der Waals surface area contributed by atoms with Crippen molar-refractivity contribution in [2.75, 3.05) is 12.4 Å². The number of thioether (sulfide) groups is 1. The normalized spacial score (nSPS) is 17.9. The van der Waals surface area contributed by atoms with Crippen molar-refractivity contribution in [2.24, 2.45) is 5.73 Å². The Morgan fingerprint density at radius 1 is 1.82 bits per heavy atom. The molecule has 4 heteroatoms. The van der Waals surface area contributed by atoms with Gasteiger partial charge in [0.15, 0.2) is 0 Å². The molecule has 0 aliphatic carbocycles. The summed E-state index contributed by atoms with van der Waals surface area (Å²) in [6, 6.07) is 0. The third kappa shape index (κ3) is 1.89. The fraction of sp³-hybridized carbons (Fsp3) is 0.571. The molecule has 0 aromatic carbocycles. The second kappa shape index (κ2) is 3.67. The smallest absolute Gasteiger partial charge is 0.258 e. The summed E-state index contributed by atoms with van der Waals surface area (Å²) in [6.45, 7) is 2.63. The lowest BCUT2D eigenvalue weighted by molar-refractivity contribution is -0.114. The van der Waals surface area contributed by atoms with E-state index in [2.05, 4.69) is 0 Å². The topological polar surface area (TPSA) is 52.3 Å². The van der Waals surface area contributed by atoms with Crippen LogP contribution in [0.3, 0.4) is 0 Å². The molecule has 11 heavy (non-hydrogen) atoms. The van der Waals surface area contributed by atoms with E-state index in [4.69, 9.17) is 10.5 Å². The molecule has 0 aromatic heterocycles. The molecule has 62 valence electrons. The van der Waals surface area contributed by atoms with Crippen molar-refractivity contribution in [3.05, 3.63) is 10.7 Å². The van der Waals surface area contributed by atoms with Crippen molar-refractivity contribution in [2.45, 2.75) is 13.3 Å². The monoisotopic (exact) mass is 173 g/mol. The number of carbonyl (C=O) groups is 1.